The fourth-order valence-corrected chi connectivity index (χ4v) is 3.24. The van der Waals surface area contributed by atoms with Gasteiger partial charge in [-0.1, -0.05) is 12.2 Å². The minimum atomic E-state index is -4.42. The molecule has 1 aromatic carbocycles. The molecule has 0 unspecified atom stereocenters. The van der Waals surface area contributed by atoms with Crippen LogP contribution in [0.1, 0.15) is 18.4 Å². The maximum absolute atomic E-state index is 12.5. The molecule has 2 bridgehead atoms. The zero-order valence-corrected chi connectivity index (χ0v) is 12.7. The first kappa shape index (κ1) is 16.5. The molecular weight excluding hydrogens is 323 g/mol. The number of carbonyl (C=O) groups is 2. The average Bonchev–Trinajstić information content (AvgIpc) is 3.15. The molecule has 0 radical (unpaired) electrons. The quantitative estimate of drug-likeness (QED) is 0.676. The van der Waals surface area contributed by atoms with E-state index in [9.17, 15) is 22.8 Å². The van der Waals surface area contributed by atoms with Crippen LogP contribution >= 0.6 is 0 Å². The van der Waals surface area contributed by atoms with Crippen LogP contribution in [-0.2, 0) is 20.5 Å². The topological polar surface area (TPSA) is 55.4 Å². The fourth-order valence-electron chi connectivity index (χ4n) is 3.24. The lowest BCUT2D eigenvalue weighted by atomic mass is 9.94. The molecule has 0 saturated heterocycles. The highest BCUT2D eigenvalue weighted by molar-refractivity contribution is 5.93. The summed E-state index contributed by atoms with van der Waals surface area (Å²) in [6, 6.07) is 4.07. The van der Waals surface area contributed by atoms with Crippen molar-refractivity contribution in [2.24, 2.45) is 17.8 Å². The summed E-state index contributed by atoms with van der Waals surface area (Å²) < 4.78 is 42.4. The van der Waals surface area contributed by atoms with Gasteiger partial charge in [0.2, 0.25) is 0 Å². The van der Waals surface area contributed by atoms with E-state index in [4.69, 9.17) is 4.74 Å². The number of benzene rings is 1. The van der Waals surface area contributed by atoms with Crippen LogP contribution in [0.15, 0.2) is 36.4 Å². The summed E-state index contributed by atoms with van der Waals surface area (Å²) in [7, 11) is 0. The van der Waals surface area contributed by atoms with Gasteiger partial charge in [0.25, 0.3) is 5.91 Å². The third-order valence-electron chi connectivity index (χ3n) is 4.42. The number of ether oxygens (including phenoxy) is 1. The van der Waals surface area contributed by atoms with E-state index in [-0.39, 0.29) is 17.5 Å². The van der Waals surface area contributed by atoms with E-state index in [1.54, 1.807) is 0 Å². The summed E-state index contributed by atoms with van der Waals surface area (Å²) >= 11 is 0. The van der Waals surface area contributed by atoms with Gasteiger partial charge < -0.3 is 10.1 Å². The predicted octanol–water partition coefficient (Wildman–Crippen LogP) is 3.40. The Balaban J connectivity index is 1.47. The first-order valence-corrected chi connectivity index (χ1v) is 7.65. The average molecular weight is 339 g/mol. The Morgan fingerprint density at radius 2 is 1.83 bits per heavy atom. The third-order valence-corrected chi connectivity index (χ3v) is 4.42. The van der Waals surface area contributed by atoms with Gasteiger partial charge in [0.05, 0.1) is 11.5 Å². The largest absolute Gasteiger partial charge is 0.455 e. The van der Waals surface area contributed by atoms with Crippen LogP contribution < -0.4 is 5.32 Å². The molecular formula is C17H16F3NO3. The summed E-state index contributed by atoms with van der Waals surface area (Å²) in [5.41, 5.74) is -0.580. The molecule has 1 aromatic rings. The number of fused-ring (bicyclic) bond motifs is 2. The number of anilines is 1. The molecule has 2 aliphatic rings. The Kier molecular flexibility index (Phi) is 4.34. The van der Waals surface area contributed by atoms with Crippen LogP contribution in [0, 0.1) is 17.8 Å². The molecule has 24 heavy (non-hydrogen) atoms. The molecule has 7 heteroatoms. The van der Waals surface area contributed by atoms with E-state index in [1.165, 1.54) is 0 Å². The van der Waals surface area contributed by atoms with Gasteiger partial charge >= 0.3 is 12.1 Å². The zero-order chi connectivity index (χ0) is 17.3. The van der Waals surface area contributed by atoms with E-state index < -0.39 is 30.2 Å². The maximum atomic E-state index is 12.5. The minimum absolute atomic E-state index is 0.195. The minimum Gasteiger partial charge on any atom is -0.455 e. The van der Waals surface area contributed by atoms with Gasteiger partial charge in [-0.3, -0.25) is 9.59 Å². The number of nitrogens with one attached hydrogen (secondary N) is 1. The van der Waals surface area contributed by atoms with Crippen molar-refractivity contribution >= 4 is 17.6 Å². The van der Waals surface area contributed by atoms with Gasteiger partial charge in [0, 0.05) is 5.69 Å². The van der Waals surface area contributed by atoms with Crippen LogP contribution in [0.4, 0.5) is 18.9 Å². The molecule has 1 N–H and O–H groups in total. The molecule has 1 saturated carbocycles. The van der Waals surface area contributed by atoms with Gasteiger partial charge in [-0.25, -0.2) is 0 Å². The Hall–Kier alpha value is -2.31. The lowest BCUT2D eigenvalue weighted by Crippen LogP contribution is -2.26. The highest BCUT2D eigenvalue weighted by Crippen LogP contribution is 2.43. The number of hydrogen-bond donors (Lipinski definition) is 1. The zero-order valence-electron chi connectivity index (χ0n) is 12.7. The molecule has 128 valence electrons. The summed E-state index contributed by atoms with van der Waals surface area (Å²) in [6.45, 7) is -0.447. The van der Waals surface area contributed by atoms with Gasteiger partial charge in [0.15, 0.2) is 6.61 Å². The van der Waals surface area contributed by atoms with Crippen molar-refractivity contribution in [1.29, 1.82) is 0 Å². The van der Waals surface area contributed by atoms with Gasteiger partial charge in [-0.05, 0) is 48.9 Å². The monoisotopic (exact) mass is 339 g/mol. The normalized spacial score (nSPS) is 24.9. The summed E-state index contributed by atoms with van der Waals surface area (Å²) in [6.07, 6.45) is 1.40. The molecule has 4 nitrogen and oxygen atoms in total. The molecule has 0 heterocycles. The van der Waals surface area contributed by atoms with E-state index >= 15 is 0 Å². The first-order valence-electron chi connectivity index (χ1n) is 7.65. The van der Waals surface area contributed by atoms with Crippen molar-refractivity contribution in [3.05, 3.63) is 42.0 Å². The number of allylic oxidation sites excluding steroid dienone is 2. The third kappa shape index (κ3) is 3.60. The highest BCUT2D eigenvalue weighted by Gasteiger charge is 2.40. The molecule has 0 aromatic heterocycles. The van der Waals surface area contributed by atoms with Crippen molar-refractivity contribution in [1.82, 2.24) is 0 Å². The van der Waals surface area contributed by atoms with Crippen LogP contribution in [-0.4, -0.2) is 18.5 Å². The SMILES string of the molecule is O=C(COC(=O)[C@H]1C[C@@H]2C=C[C@H]1C2)Nc1ccc(C(F)(F)F)cc1. The number of rotatable bonds is 4. The molecule has 3 atom stereocenters. The second-order valence-corrected chi connectivity index (χ2v) is 6.12. The Labute approximate surface area is 136 Å². The van der Waals surface area contributed by atoms with Crippen molar-refractivity contribution < 1.29 is 27.5 Å². The Morgan fingerprint density at radius 3 is 2.38 bits per heavy atom. The van der Waals surface area contributed by atoms with Crippen LogP contribution in [0.3, 0.4) is 0 Å². The second kappa shape index (κ2) is 6.30. The summed E-state index contributed by atoms with van der Waals surface area (Å²) in [4.78, 5) is 23.7. The van der Waals surface area contributed by atoms with E-state index in [0.29, 0.717) is 5.92 Å². The number of hydrogen-bond acceptors (Lipinski definition) is 3. The fraction of sp³-hybridized carbons (Fsp3) is 0.412. The number of carbonyl (C=O) groups excluding carboxylic acids is 2. The van der Waals surface area contributed by atoms with E-state index in [0.717, 1.165) is 37.1 Å². The number of alkyl halides is 3. The van der Waals surface area contributed by atoms with Crippen molar-refractivity contribution in [2.75, 3.05) is 11.9 Å². The maximum Gasteiger partial charge on any atom is 0.416 e. The highest BCUT2D eigenvalue weighted by atomic mass is 19.4. The number of esters is 1. The standard InChI is InChI=1S/C17H16F3NO3/c18-17(19,20)12-3-5-13(6-4-12)21-15(22)9-24-16(23)14-8-10-1-2-11(14)7-10/h1-6,10-11,14H,7-9H2,(H,21,22)/t10-,11+,14+/m1/s1. The molecule has 2 aliphatic carbocycles. The lowest BCUT2D eigenvalue weighted by molar-refractivity contribution is -0.152. The summed E-state index contributed by atoms with van der Waals surface area (Å²) in [5.74, 6) is -0.552. The number of halogens is 3. The summed E-state index contributed by atoms with van der Waals surface area (Å²) in [5, 5.41) is 2.40. The van der Waals surface area contributed by atoms with Crippen molar-refractivity contribution in [2.45, 2.75) is 19.0 Å². The van der Waals surface area contributed by atoms with Gasteiger partial charge in [-0.2, -0.15) is 13.2 Å². The van der Waals surface area contributed by atoms with Gasteiger partial charge in [0.1, 0.15) is 0 Å². The van der Waals surface area contributed by atoms with Crippen molar-refractivity contribution in [3.63, 3.8) is 0 Å². The van der Waals surface area contributed by atoms with E-state index in [2.05, 4.69) is 11.4 Å². The first-order chi connectivity index (χ1) is 11.3. The Bertz CT molecular complexity index is 667. The van der Waals surface area contributed by atoms with Crippen LogP contribution in [0.5, 0.6) is 0 Å². The van der Waals surface area contributed by atoms with Crippen LogP contribution in [0.25, 0.3) is 0 Å². The smallest absolute Gasteiger partial charge is 0.416 e. The van der Waals surface area contributed by atoms with Crippen LogP contribution in [0.2, 0.25) is 0 Å². The Morgan fingerprint density at radius 1 is 1.12 bits per heavy atom. The van der Waals surface area contributed by atoms with Crippen molar-refractivity contribution in [3.8, 4) is 0 Å². The molecule has 3 rings (SSSR count). The number of amides is 1. The molecule has 1 amide bonds. The predicted molar refractivity (Wildman–Crippen MR) is 79.9 cm³/mol. The molecule has 0 aliphatic heterocycles. The molecule has 0 spiro atoms. The second-order valence-electron chi connectivity index (χ2n) is 6.12. The molecule has 1 fully saturated rings. The van der Waals surface area contributed by atoms with Gasteiger partial charge in [-0.15, -0.1) is 0 Å². The lowest BCUT2D eigenvalue weighted by Gasteiger charge is -2.16. The van der Waals surface area contributed by atoms with E-state index in [1.807, 2.05) is 6.08 Å².